The predicted molar refractivity (Wildman–Crippen MR) is 94.4 cm³/mol. The quantitative estimate of drug-likeness (QED) is 0.317. The number of aliphatic hydroxyl groups excluding tert-OH is 4. The highest BCUT2D eigenvalue weighted by molar-refractivity contribution is 5.86. The molecule has 0 saturated carbocycles. The van der Waals surface area contributed by atoms with Crippen molar-refractivity contribution in [1.82, 2.24) is 5.32 Å². The molecule has 0 radical (unpaired) electrons. The number of rotatable bonds is 4. The van der Waals surface area contributed by atoms with Gasteiger partial charge in [0.2, 0.25) is 11.7 Å². The van der Waals surface area contributed by atoms with E-state index in [1.165, 1.54) is 6.92 Å². The van der Waals surface area contributed by atoms with Crippen molar-refractivity contribution >= 4 is 16.9 Å². The largest absolute Gasteiger partial charge is 0.503 e. The second-order valence-electron chi connectivity index (χ2n) is 6.89. The second kappa shape index (κ2) is 8.24. The van der Waals surface area contributed by atoms with Gasteiger partial charge >= 0.3 is 5.63 Å². The molecule has 1 saturated heterocycles. The Hall–Kier alpha value is -2.64. The lowest BCUT2D eigenvalue weighted by molar-refractivity contribution is -0.253. The van der Waals surface area contributed by atoms with Crippen LogP contribution < -0.4 is 10.9 Å². The summed E-state index contributed by atoms with van der Waals surface area (Å²) in [6.07, 6.45) is -6.96. The summed E-state index contributed by atoms with van der Waals surface area (Å²) in [5.41, 5.74) is -2.01. The molecule has 0 spiro atoms. The number of benzene rings is 1. The number of hydrogen-bond acceptors (Lipinski definition) is 9. The maximum absolute atomic E-state index is 14.0. The molecule has 2 aromatic rings. The molecule has 6 N–H and O–H groups in total. The van der Waals surface area contributed by atoms with Crippen LogP contribution in [0.5, 0.6) is 5.75 Å². The zero-order valence-electron chi connectivity index (χ0n) is 15.5. The second-order valence-corrected chi connectivity index (χ2v) is 6.89. The van der Waals surface area contributed by atoms with Crippen molar-refractivity contribution in [2.45, 2.75) is 44.0 Å². The SMILES string of the molecule is Cc1c(CC(=O)NC2[C@H](O)OC(CO)[C@@H](O)[C@@H]2O)c(=O)oc2c(F)c(O)c(F)cc12. The van der Waals surface area contributed by atoms with E-state index in [-0.39, 0.29) is 16.5 Å². The van der Waals surface area contributed by atoms with Gasteiger partial charge in [0.25, 0.3) is 0 Å². The Morgan fingerprint density at radius 3 is 2.53 bits per heavy atom. The van der Waals surface area contributed by atoms with Gasteiger partial charge in [-0.2, -0.15) is 4.39 Å². The van der Waals surface area contributed by atoms with Gasteiger partial charge in [-0.1, -0.05) is 0 Å². The van der Waals surface area contributed by atoms with Crippen LogP contribution in [0.2, 0.25) is 0 Å². The number of aliphatic hydroxyl groups is 4. The highest BCUT2D eigenvalue weighted by Crippen LogP contribution is 2.30. The standard InChI is InChI=1S/C18H19F2NO9/c1-5-6-2-8(19)13(24)11(20)16(6)30-17(27)7(5)3-10(23)21-12-15(26)14(25)9(4-22)29-18(12)28/h2,9,12,14-15,18,22,24-26,28H,3-4H2,1H3,(H,21,23)/t9?,12?,14-,15-,18-/m1/s1. The molecule has 5 atom stereocenters. The van der Waals surface area contributed by atoms with Gasteiger partial charge in [-0.3, -0.25) is 4.79 Å². The maximum atomic E-state index is 14.0. The molecular weight excluding hydrogens is 412 g/mol. The Balaban J connectivity index is 1.87. The first-order valence-electron chi connectivity index (χ1n) is 8.80. The third-order valence-electron chi connectivity index (χ3n) is 5.01. The molecule has 30 heavy (non-hydrogen) atoms. The molecule has 1 amide bonds. The average molecular weight is 431 g/mol. The van der Waals surface area contributed by atoms with Crippen LogP contribution in [0.25, 0.3) is 11.0 Å². The average Bonchev–Trinajstić information content (AvgIpc) is 2.70. The molecule has 2 unspecified atom stereocenters. The van der Waals surface area contributed by atoms with Crippen LogP contribution in [0.3, 0.4) is 0 Å². The minimum atomic E-state index is -1.76. The summed E-state index contributed by atoms with van der Waals surface area (Å²) in [7, 11) is 0. The molecule has 1 aromatic heterocycles. The molecule has 2 heterocycles. The number of aromatic hydroxyl groups is 1. The first kappa shape index (κ1) is 22.1. The number of hydrogen-bond donors (Lipinski definition) is 6. The fourth-order valence-corrected chi connectivity index (χ4v) is 3.29. The fraction of sp³-hybridized carbons (Fsp3) is 0.444. The van der Waals surface area contributed by atoms with Crippen LogP contribution in [0.15, 0.2) is 15.3 Å². The van der Waals surface area contributed by atoms with Crippen LogP contribution in [0, 0.1) is 18.6 Å². The van der Waals surface area contributed by atoms with Gasteiger partial charge in [0.1, 0.15) is 24.4 Å². The Morgan fingerprint density at radius 2 is 1.90 bits per heavy atom. The highest BCUT2D eigenvalue weighted by Gasteiger charge is 2.44. The van der Waals surface area contributed by atoms with Crippen molar-refractivity contribution in [3.63, 3.8) is 0 Å². The molecular formula is C18H19F2NO9. The molecule has 10 nitrogen and oxygen atoms in total. The summed E-state index contributed by atoms with van der Waals surface area (Å²) in [6.45, 7) is 0.636. The van der Waals surface area contributed by atoms with Crippen molar-refractivity contribution in [3.8, 4) is 5.75 Å². The number of carbonyl (C=O) groups excluding carboxylic acids is 1. The van der Waals surface area contributed by atoms with E-state index in [2.05, 4.69) is 5.32 Å². The molecule has 1 aliphatic rings. The molecule has 12 heteroatoms. The number of ether oxygens (including phenoxy) is 1. The lowest BCUT2D eigenvalue weighted by atomic mass is 9.96. The number of carbonyl (C=O) groups is 1. The number of amides is 1. The lowest BCUT2D eigenvalue weighted by Crippen LogP contribution is -2.64. The molecule has 164 valence electrons. The number of phenolic OH excluding ortho intramolecular Hbond substituents is 1. The summed E-state index contributed by atoms with van der Waals surface area (Å²) in [6, 6.07) is -0.726. The monoisotopic (exact) mass is 431 g/mol. The number of nitrogens with one attached hydrogen (secondary N) is 1. The van der Waals surface area contributed by atoms with E-state index in [1.807, 2.05) is 0 Å². The van der Waals surface area contributed by atoms with E-state index in [9.17, 15) is 38.8 Å². The first-order valence-corrected chi connectivity index (χ1v) is 8.80. The van der Waals surface area contributed by atoms with E-state index in [1.54, 1.807) is 0 Å². The van der Waals surface area contributed by atoms with Crippen molar-refractivity contribution in [2.24, 2.45) is 0 Å². The van der Waals surface area contributed by atoms with E-state index >= 15 is 0 Å². The van der Waals surface area contributed by atoms with Gasteiger partial charge in [-0.15, -0.1) is 0 Å². The third-order valence-corrected chi connectivity index (χ3v) is 5.01. The molecule has 0 aliphatic carbocycles. The smallest absolute Gasteiger partial charge is 0.340 e. The summed E-state index contributed by atoms with van der Waals surface area (Å²) in [5.74, 6) is -4.95. The molecule has 1 aromatic carbocycles. The Morgan fingerprint density at radius 1 is 1.23 bits per heavy atom. The minimum absolute atomic E-state index is 0.0237. The third kappa shape index (κ3) is 3.75. The number of phenols is 1. The van der Waals surface area contributed by atoms with Gasteiger partial charge in [0, 0.05) is 5.39 Å². The topological polar surface area (TPSA) is 170 Å². The van der Waals surface area contributed by atoms with Crippen molar-refractivity contribution in [2.75, 3.05) is 6.61 Å². The Bertz CT molecular complexity index is 1040. The van der Waals surface area contributed by atoms with Gasteiger partial charge in [-0.25, -0.2) is 9.18 Å². The molecule has 0 bridgehead atoms. The van der Waals surface area contributed by atoms with E-state index in [0.717, 1.165) is 6.07 Å². The van der Waals surface area contributed by atoms with Gasteiger partial charge in [0.05, 0.1) is 18.6 Å². The van der Waals surface area contributed by atoms with Crippen LogP contribution in [0.4, 0.5) is 8.78 Å². The van der Waals surface area contributed by atoms with E-state index in [4.69, 9.17) is 14.3 Å². The lowest BCUT2D eigenvalue weighted by Gasteiger charge is -2.40. The van der Waals surface area contributed by atoms with Crippen molar-refractivity contribution in [1.29, 1.82) is 0 Å². The number of fused-ring (bicyclic) bond motifs is 1. The predicted octanol–water partition coefficient (Wildman–Crippen LogP) is -1.46. The van der Waals surface area contributed by atoms with Crippen LogP contribution in [-0.4, -0.2) is 68.7 Å². The summed E-state index contributed by atoms with van der Waals surface area (Å²) < 4.78 is 37.4. The van der Waals surface area contributed by atoms with Crippen molar-refractivity contribution < 1.29 is 48.3 Å². The number of aryl methyl sites for hydroxylation is 1. The fourth-order valence-electron chi connectivity index (χ4n) is 3.29. The van der Waals surface area contributed by atoms with Crippen LogP contribution in [0.1, 0.15) is 11.1 Å². The highest BCUT2D eigenvalue weighted by atomic mass is 19.1. The zero-order chi connectivity index (χ0) is 22.3. The molecule has 1 fully saturated rings. The van der Waals surface area contributed by atoms with Gasteiger partial charge in [0.15, 0.2) is 23.4 Å². The summed E-state index contributed by atoms with van der Waals surface area (Å²) in [4.78, 5) is 24.6. The normalized spacial score (nSPS) is 26.7. The molecule has 3 rings (SSSR count). The van der Waals surface area contributed by atoms with E-state index < -0.39 is 78.2 Å². The van der Waals surface area contributed by atoms with Gasteiger partial charge < -0.3 is 40.0 Å². The van der Waals surface area contributed by atoms with Gasteiger partial charge in [-0.05, 0) is 18.6 Å². The maximum Gasteiger partial charge on any atom is 0.340 e. The molecule has 1 aliphatic heterocycles. The first-order chi connectivity index (χ1) is 14.1. The van der Waals surface area contributed by atoms with Crippen LogP contribution in [-0.2, 0) is 16.0 Å². The van der Waals surface area contributed by atoms with Crippen LogP contribution >= 0.6 is 0 Å². The zero-order valence-corrected chi connectivity index (χ0v) is 15.5. The minimum Gasteiger partial charge on any atom is -0.503 e. The van der Waals surface area contributed by atoms with E-state index in [0.29, 0.717) is 0 Å². The Labute approximate surface area is 166 Å². The summed E-state index contributed by atoms with van der Waals surface area (Å²) >= 11 is 0. The Kier molecular flexibility index (Phi) is 6.06. The summed E-state index contributed by atoms with van der Waals surface area (Å²) in [5, 5.41) is 50.2. The van der Waals surface area contributed by atoms with Crippen molar-refractivity contribution in [3.05, 3.63) is 39.2 Å². The number of halogens is 2.